The van der Waals surface area contributed by atoms with Crippen LogP contribution in [0.2, 0.25) is 0 Å². The molecule has 1 aromatic carbocycles. The monoisotopic (exact) mass is 258 g/mol. The standard InChI is InChI=1S/C11H14O5S/c1-2-8-3-4-9(7-10(8)11(13)14)17(15,16)6-5-12/h3-4,7,12H,2,5-6H2,1H3,(H,13,14). The lowest BCUT2D eigenvalue weighted by Crippen LogP contribution is -2.12. The van der Waals surface area contributed by atoms with Gasteiger partial charge >= 0.3 is 5.97 Å². The molecule has 2 N–H and O–H groups in total. The van der Waals surface area contributed by atoms with E-state index < -0.39 is 28.2 Å². The Bertz CT molecular complexity index is 519. The molecule has 1 rings (SSSR count). The molecule has 0 aliphatic heterocycles. The summed E-state index contributed by atoms with van der Waals surface area (Å²) in [6.07, 6.45) is 0.516. The average Bonchev–Trinajstić information content (AvgIpc) is 2.28. The van der Waals surface area contributed by atoms with Crippen LogP contribution >= 0.6 is 0 Å². The Hall–Kier alpha value is -1.40. The minimum atomic E-state index is -3.60. The Morgan fingerprint density at radius 1 is 1.35 bits per heavy atom. The number of hydrogen-bond donors (Lipinski definition) is 2. The number of carboxylic acids is 1. The third-order valence-corrected chi connectivity index (χ3v) is 4.10. The summed E-state index contributed by atoms with van der Waals surface area (Å²) in [5.74, 6) is -1.56. The van der Waals surface area contributed by atoms with Crippen LogP contribution in [0.4, 0.5) is 0 Å². The van der Waals surface area contributed by atoms with Crippen molar-refractivity contribution >= 4 is 15.8 Å². The van der Waals surface area contributed by atoms with Gasteiger partial charge in [-0.3, -0.25) is 0 Å². The van der Waals surface area contributed by atoms with Crippen LogP contribution in [0.5, 0.6) is 0 Å². The zero-order chi connectivity index (χ0) is 13.1. The maximum absolute atomic E-state index is 11.7. The van der Waals surface area contributed by atoms with Crippen molar-refractivity contribution < 1.29 is 23.4 Å². The molecule has 17 heavy (non-hydrogen) atoms. The lowest BCUT2D eigenvalue weighted by molar-refractivity contribution is 0.0695. The van der Waals surface area contributed by atoms with Gasteiger partial charge in [0.2, 0.25) is 0 Å². The topological polar surface area (TPSA) is 91.7 Å². The molecule has 0 radical (unpaired) electrons. The van der Waals surface area contributed by atoms with Crippen molar-refractivity contribution in [1.29, 1.82) is 0 Å². The molecule has 0 bridgehead atoms. The first-order valence-electron chi connectivity index (χ1n) is 5.12. The smallest absolute Gasteiger partial charge is 0.336 e. The lowest BCUT2D eigenvalue weighted by atomic mass is 10.1. The molecular formula is C11H14O5S. The highest BCUT2D eigenvalue weighted by molar-refractivity contribution is 7.91. The van der Waals surface area contributed by atoms with Gasteiger partial charge in [0.1, 0.15) is 0 Å². The van der Waals surface area contributed by atoms with Gasteiger partial charge < -0.3 is 10.2 Å². The minimum Gasteiger partial charge on any atom is -0.478 e. The van der Waals surface area contributed by atoms with Crippen LogP contribution in [-0.4, -0.2) is 37.0 Å². The summed E-state index contributed by atoms with van der Waals surface area (Å²) in [4.78, 5) is 10.9. The number of aromatic carboxylic acids is 1. The van der Waals surface area contributed by atoms with Gasteiger partial charge in [-0.1, -0.05) is 13.0 Å². The highest BCUT2D eigenvalue weighted by Crippen LogP contribution is 2.18. The minimum absolute atomic E-state index is 0.00786. The first-order valence-corrected chi connectivity index (χ1v) is 6.77. The van der Waals surface area contributed by atoms with E-state index in [9.17, 15) is 13.2 Å². The van der Waals surface area contributed by atoms with Crippen LogP contribution in [0, 0.1) is 0 Å². The Morgan fingerprint density at radius 3 is 2.47 bits per heavy atom. The Kier molecular flexibility index (Phi) is 4.25. The number of hydrogen-bond acceptors (Lipinski definition) is 4. The molecule has 6 heteroatoms. The van der Waals surface area contributed by atoms with Crippen LogP contribution in [0.25, 0.3) is 0 Å². The van der Waals surface area contributed by atoms with Gasteiger partial charge in [0.25, 0.3) is 0 Å². The van der Waals surface area contributed by atoms with E-state index in [1.165, 1.54) is 12.1 Å². The van der Waals surface area contributed by atoms with Crippen LogP contribution in [-0.2, 0) is 16.3 Å². The third kappa shape index (κ3) is 3.04. The highest BCUT2D eigenvalue weighted by Gasteiger charge is 2.17. The number of rotatable bonds is 5. The van der Waals surface area contributed by atoms with Crippen LogP contribution in [0.15, 0.2) is 23.1 Å². The SMILES string of the molecule is CCc1ccc(S(=O)(=O)CCO)cc1C(=O)O. The normalized spacial score (nSPS) is 11.4. The largest absolute Gasteiger partial charge is 0.478 e. The molecule has 1 aromatic rings. The van der Waals surface area contributed by atoms with E-state index in [4.69, 9.17) is 10.2 Å². The zero-order valence-electron chi connectivity index (χ0n) is 9.38. The molecule has 0 atom stereocenters. The van der Waals surface area contributed by atoms with Gasteiger partial charge in [0.15, 0.2) is 9.84 Å². The zero-order valence-corrected chi connectivity index (χ0v) is 10.2. The molecule has 0 aliphatic rings. The first-order chi connectivity index (χ1) is 7.92. The summed E-state index contributed by atoms with van der Waals surface area (Å²) in [5, 5.41) is 17.6. The van der Waals surface area contributed by atoms with Gasteiger partial charge in [-0.25, -0.2) is 13.2 Å². The number of sulfone groups is 1. The van der Waals surface area contributed by atoms with Gasteiger partial charge in [-0.2, -0.15) is 0 Å². The number of aliphatic hydroxyl groups excluding tert-OH is 1. The van der Waals surface area contributed by atoms with Crippen molar-refractivity contribution in [2.45, 2.75) is 18.2 Å². The maximum Gasteiger partial charge on any atom is 0.336 e. The number of aryl methyl sites for hydroxylation is 1. The van der Waals surface area contributed by atoms with Gasteiger partial charge in [-0.05, 0) is 24.1 Å². The molecule has 0 unspecified atom stereocenters. The Labute approximate surface area is 99.6 Å². The molecule has 0 saturated carbocycles. The summed E-state index contributed by atoms with van der Waals surface area (Å²) in [6.45, 7) is 1.31. The van der Waals surface area contributed by atoms with Gasteiger partial charge in [0, 0.05) is 0 Å². The molecule has 5 nitrogen and oxygen atoms in total. The summed E-state index contributed by atoms with van der Waals surface area (Å²) < 4.78 is 23.3. The van der Waals surface area contributed by atoms with E-state index in [1.807, 2.05) is 0 Å². The average molecular weight is 258 g/mol. The van der Waals surface area contributed by atoms with Crippen molar-refractivity contribution in [1.82, 2.24) is 0 Å². The Morgan fingerprint density at radius 2 is 2.00 bits per heavy atom. The predicted octanol–water partition coefficient (Wildman–Crippen LogP) is 0.713. The number of aliphatic hydroxyl groups is 1. The second-order valence-corrected chi connectivity index (χ2v) is 5.63. The summed E-state index contributed by atoms with van der Waals surface area (Å²) >= 11 is 0. The predicted molar refractivity (Wildman–Crippen MR) is 61.9 cm³/mol. The molecule has 94 valence electrons. The molecule has 0 amide bonds. The molecule has 0 spiro atoms. The molecule has 0 aliphatic carbocycles. The van der Waals surface area contributed by atoms with Crippen molar-refractivity contribution in [3.05, 3.63) is 29.3 Å². The van der Waals surface area contributed by atoms with Crippen molar-refractivity contribution in [2.75, 3.05) is 12.4 Å². The van der Waals surface area contributed by atoms with E-state index in [2.05, 4.69) is 0 Å². The van der Waals surface area contributed by atoms with Crippen LogP contribution in [0.1, 0.15) is 22.8 Å². The number of carboxylic acid groups (broad SMARTS) is 1. The van der Waals surface area contributed by atoms with E-state index in [-0.39, 0.29) is 10.5 Å². The van der Waals surface area contributed by atoms with Gasteiger partial charge in [0.05, 0.1) is 22.8 Å². The van der Waals surface area contributed by atoms with E-state index in [0.717, 1.165) is 6.07 Å². The second-order valence-electron chi connectivity index (χ2n) is 3.52. The lowest BCUT2D eigenvalue weighted by Gasteiger charge is -2.07. The first kappa shape index (κ1) is 13.7. The van der Waals surface area contributed by atoms with E-state index in [1.54, 1.807) is 6.92 Å². The molecule has 0 heterocycles. The van der Waals surface area contributed by atoms with Crippen LogP contribution in [0.3, 0.4) is 0 Å². The summed E-state index contributed by atoms with van der Waals surface area (Å²) in [6, 6.07) is 4.01. The molecule has 0 aromatic heterocycles. The summed E-state index contributed by atoms with van der Waals surface area (Å²) in [7, 11) is -3.60. The third-order valence-electron chi connectivity index (χ3n) is 2.41. The summed E-state index contributed by atoms with van der Waals surface area (Å²) in [5.41, 5.74) is 0.576. The van der Waals surface area contributed by atoms with Crippen molar-refractivity contribution in [3.8, 4) is 0 Å². The van der Waals surface area contributed by atoms with Crippen molar-refractivity contribution in [2.24, 2.45) is 0 Å². The van der Waals surface area contributed by atoms with E-state index >= 15 is 0 Å². The fourth-order valence-electron chi connectivity index (χ4n) is 1.49. The van der Waals surface area contributed by atoms with E-state index in [0.29, 0.717) is 12.0 Å². The fourth-order valence-corrected chi connectivity index (χ4v) is 2.54. The molecular weight excluding hydrogens is 244 g/mol. The Balaban J connectivity index is 3.31. The van der Waals surface area contributed by atoms with Crippen LogP contribution < -0.4 is 0 Å². The maximum atomic E-state index is 11.7. The quantitative estimate of drug-likeness (QED) is 0.811. The second kappa shape index (κ2) is 5.29. The number of carbonyl (C=O) groups is 1. The molecule has 0 fully saturated rings. The fraction of sp³-hybridized carbons (Fsp3) is 0.364. The molecule has 0 saturated heterocycles. The van der Waals surface area contributed by atoms with Crippen molar-refractivity contribution in [3.63, 3.8) is 0 Å². The number of benzene rings is 1. The van der Waals surface area contributed by atoms with Gasteiger partial charge in [-0.15, -0.1) is 0 Å². The highest BCUT2D eigenvalue weighted by atomic mass is 32.2.